The van der Waals surface area contributed by atoms with Gasteiger partial charge in [-0.1, -0.05) is 48.0 Å². The molecule has 0 heterocycles. The van der Waals surface area contributed by atoms with E-state index < -0.39 is 12.1 Å². The Bertz CT molecular complexity index is 510. The fourth-order valence-corrected chi connectivity index (χ4v) is 4.10. The van der Waals surface area contributed by atoms with Crippen LogP contribution < -0.4 is 10.6 Å². The molecule has 0 spiro atoms. The number of aliphatic carboxylic acids is 1. The van der Waals surface area contributed by atoms with Crippen LogP contribution in [0.1, 0.15) is 73.6 Å². The fraction of sp³-hybridized carbons (Fsp3) is 0.850. The van der Waals surface area contributed by atoms with E-state index in [0.717, 1.165) is 24.3 Å². The summed E-state index contributed by atoms with van der Waals surface area (Å²) in [5.74, 6) is 0.615. The Morgan fingerprint density at radius 3 is 1.96 bits per heavy atom. The van der Waals surface area contributed by atoms with Crippen molar-refractivity contribution in [2.45, 2.75) is 84.6 Å². The molecule has 0 saturated heterocycles. The van der Waals surface area contributed by atoms with Crippen LogP contribution in [0, 0.1) is 5.41 Å². The molecule has 0 aliphatic rings. The summed E-state index contributed by atoms with van der Waals surface area (Å²) in [5.41, 5.74) is 0.0289. The van der Waals surface area contributed by atoms with Crippen molar-refractivity contribution in [2.75, 3.05) is 17.3 Å². The summed E-state index contributed by atoms with van der Waals surface area (Å²) < 4.78 is 0.275. The first-order valence-electron chi connectivity index (χ1n) is 9.95. The monoisotopic (exact) mass is 434 g/mol. The molecule has 0 aromatic rings. The van der Waals surface area contributed by atoms with Gasteiger partial charge in [0, 0.05) is 34.8 Å². The number of hydrogen-bond acceptors (Lipinski definition) is 5. The molecule has 0 aromatic carbocycles. The van der Waals surface area contributed by atoms with Crippen LogP contribution in [-0.2, 0) is 14.4 Å². The van der Waals surface area contributed by atoms with E-state index in [1.807, 2.05) is 11.8 Å². The van der Waals surface area contributed by atoms with E-state index in [1.165, 1.54) is 0 Å². The number of amides is 2. The molecule has 3 N–H and O–H groups in total. The number of carbonyl (C=O) groups excluding carboxylic acids is 2. The molecule has 8 heteroatoms. The number of carboxylic acids is 1. The van der Waals surface area contributed by atoms with Gasteiger partial charge in [-0.05, 0) is 18.3 Å². The average molecular weight is 435 g/mol. The maximum atomic E-state index is 12.0. The highest BCUT2D eigenvalue weighted by atomic mass is 32.2. The molecule has 0 bridgehead atoms. The third-order valence-corrected chi connectivity index (χ3v) is 7.61. The van der Waals surface area contributed by atoms with Crippen LogP contribution in [0.2, 0.25) is 0 Å². The van der Waals surface area contributed by atoms with E-state index in [0.29, 0.717) is 12.2 Å². The van der Waals surface area contributed by atoms with E-state index in [-0.39, 0.29) is 34.8 Å². The highest BCUT2D eigenvalue weighted by molar-refractivity contribution is 8.03. The molecule has 28 heavy (non-hydrogen) atoms. The minimum absolute atomic E-state index is 0.0289. The van der Waals surface area contributed by atoms with E-state index >= 15 is 0 Å². The normalized spacial score (nSPS) is 13.1. The smallest absolute Gasteiger partial charge is 0.347 e. The van der Waals surface area contributed by atoms with Gasteiger partial charge in [0.2, 0.25) is 18.0 Å². The van der Waals surface area contributed by atoms with Gasteiger partial charge in [-0.3, -0.25) is 9.59 Å². The Morgan fingerprint density at radius 2 is 1.46 bits per heavy atom. The first kappa shape index (κ1) is 27.1. The zero-order chi connectivity index (χ0) is 21.8. The number of thioether (sulfide) groups is 2. The van der Waals surface area contributed by atoms with Gasteiger partial charge >= 0.3 is 5.97 Å². The van der Waals surface area contributed by atoms with Crippen molar-refractivity contribution < 1.29 is 19.5 Å². The number of hydrogen-bond donors (Lipinski definition) is 3. The van der Waals surface area contributed by atoms with Crippen molar-refractivity contribution >= 4 is 41.3 Å². The van der Waals surface area contributed by atoms with Crippen molar-refractivity contribution in [3.05, 3.63) is 0 Å². The highest BCUT2D eigenvalue weighted by Crippen LogP contribution is 2.28. The summed E-state index contributed by atoms with van der Waals surface area (Å²) in [5, 5.41) is 14.0. The highest BCUT2D eigenvalue weighted by Gasteiger charge is 2.23. The second kappa shape index (κ2) is 13.4. The number of nitrogens with one attached hydrogen (secondary N) is 2. The maximum Gasteiger partial charge on any atom is 0.347 e. The molecule has 1 atom stereocenters. The molecule has 1 unspecified atom stereocenters. The topological polar surface area (TPSA) is 95.5 Å². The molecule has 0 radical (unpaired) electrons. The molecule has 0 saturated carbocycles. The van der Waals surface area contributed by atoms with Crippen LogP contribution in [-0.4, -0.2) is 51.1 Å². The van der Waals surface area contributed by atoms with Crippen molar-refractivity contribution in [3.63, 3.8) is 0 Å². The van der Waals surface area contributed by atoms with Gasteiger partial charge in [0.1, 0.15) is 0 Å². The third kappa shape index (κ3) is 13.3. The third-order valence-electron chi connectivity index (χ3n) is 4.89. The Balaban J connectivity index is 4.17. The van der Waals surface area contributed by atoms with Gasteiger partial charge in [0.25, 0.3) is 0 Å². The summed E-state index contributed by atoms with van der Waals surface area (Å²) in [7, 11) is 0. The molecule has 0 aliphatic carbocycles. The van der Waals surface area contributed by atoms with Crippen molar-refractivity contribution in [3.8, 4) is 0 Å². The van der Waals surface area contributed by atoms with E-state index in [2.05, 4.69) is 52.2 Å². The average Bonchev–Trinajstić information content (AvgIpc) is 2.62. The van der Waals surface area contributed by atoms with Crippen LogP contribution in [0.4, 0.5) is 0 Å². The van der Waals surface area contributed by atoms with Crippen molar-refractivity contribution in [1.82, 2.24) is 10.6 Å². The molecule has 0 aromatic heterocycles. The largest absolute Gasteiger partial charge is 0.478 e. The molecule has 0 fully saturated rings. The van der Waals surface area contributed by atoms with Gasteiger partial charge < -0.3 is 15.7 Å². The number of rotatable bonds is 15. The van der Waals surface area contributed by atoms with Crippen molar-refractivity contribution in [1.29, 1.82) is 0 Å². The van der Waals surface area contributed by atoms with E-state index in [9.17, 15) is 19.5 Å². The number of carbonyl (C=O) groups is 3. The minimum Gasteiger partial charge on any atom is -0.478 e. The fourth-order valence-electron chi connectivity index (χ4n) is 2.00. The quantitative estimate of drug-likeness (QED) is 0.267. The predicted octanol–water partition coefficient (Wildman–Crippen LogP) is 3.89. The van der Waals surface area contributed by atoms with Gasteiger partial charge in [0.05, 0.1) is 0 Å². The van der Waals surface area contributed by atoms with Gasteiger partial charge in [-0.15, -0.1) is 0 Å². The van der Waals surface area contributed by atoms with Gasteiger partial charge in [-0.2, -0.15) is 23.5 Å². The number of carboxylic acid groups (broad SMARTS) is 1. The van der Waals surface area contributed by atoms with Crippen LogP contribution in [0.15, 0.2) is 0 Å². The lowest BCUT2D eigenvalue weighted by molar-refractivity contribution is -0.144. The lowest BCUT2D eigenvalue weighted by atomic mass is 9.85. The molecule has 164 valence electrons. The summed E-state index contributed by atoms with van der Waals surface area (Å²) >= 11 is 3.60. The molecule has 0 rings (SSSR count). The molecular formula is C20H38N2O4S2. The lowest BCUT2D eigenvalue weighted by Gasteiger charge is -2.23. The van der Waals surface area contributed by atoms with Crippen molar-refractivity contribution in [2.24, 2.45) is 5.41 Å². The molecule has 0 aliphatic heterocycles. The standard InChI is InChI=1S/C20H38N2O4S2/c1-7-19(3,4)11-9-15(23)21-17(18(25)26)22-16(24)10-12-27-13-14-28-20(5,6)8-2/h17H,7-14H2,1-6H3,(H,21,23)(H,22,24)(H,25,26). The summed E-state index contributed by atoms with van der Waals surface area (Å²) in [4.78, 5) is 35.3. The Kier molecular flexibility index (Phi) is 12.9. The Labute approximate surface area is 178 Å². The zero-order valence-electron chi connectivity index (χ0n) is 18.2. The Morgan fingerprint density at radius 1 is 0.893 bits per heavy atom. The summed E-state index contributed by atoms with van der Waals surface area (Å²) in [6, 6.07) is 0. The summed E-state index contributed by atoms with van der Waals surface area (Å²) in [6.07, 6.45) is 1.81. The SMILES string of the molecule is CCC(C)(C)CCC(=O)NC(NC(=O)CCSCCSC(C)(C)CC)C(=O)O. The van der Waals surface area contributed by atoms with Crippen LogP contribution in [0.5, 0.6) is 0 Å². The van der Waals surface area contributed by atoms with Crippen LogP contribution >= 0.6 is 23.5 Å². The predicted molar refractivity (Wildman–Crippen MR) is 120 cm³/mol. The lowest BCUT2D eigenvalue weighted by Crippen LogP contribution is -2.53. The molecule has 2 amide bonds. The molecule has 6 nitrogen and oxygen atoms in total. The van der Waals surface area contributed by atoms with Gasteiger partial charge in [0.15, 0.2) is 0 Å². The Hall–Kier alpha value is -0.890. The van der Waals surface area contributed by atoms with Crippen LogP contribution in [0.3, 0.4) is 0 Å². The van der Waals surface area contributed by atoms with E-state index in [4.69, 9.17) is 0 Å². The maximum absolute atomic E-state index is 12.0. The van der Waals surface area contributed by atoms with Crippen LogP contribution in [0.25, 0.3) is 0 Å². The minimum atomic E-state index is -1.38. The molecular weight excluding hydrogens is 396 g/mol. The van der Waals surface area contributed by atoms with Gasteiger partial charge in [-0.25, -0.2) is 4.79 Å². The van der Waals surface area contributed by atoms with E-state index in [1.54, 1.807) is 11.8 Å². The zero-order valence-corrected chi connectivity index (χ0v) is 19.9. The second-order valence-electron chi connectivity index (χ2n) is 8.25. The summed E-state index contributed by atoms with van der Waals surface area (Å²) in [6.45, 7) is 12.8. The first-order chi connectivity index (χ1) is 12.9. The second-order valence-corrected chi connectivity index (χ2v) is 11.3. The first-order valence-corrected chi connectivity index (χ1v) is 12.1.